The molecule has 18 heavy (non-hydrogen) atoms. The SMILES string of the molecule is CC1CCCC(C(=O)NCC(C(C)C)C(C)C)N1. The molecule has 0 bridgehead atoms. The zero-order chi connectivity index (χ0) is 13.7. The van der Waals surface area contributed by atoms with Crippen LogP contribution in [0.5, 0.6) is 0 Å². The van der Waals surface area contributed by atoms with Crippen LogP contribution in [-0.4, -0.2) is 24.5 Å². The first-order valence-electron chi connectivity index (χ1n) is 7.45. The molecule has 106 valence electrons. The third kappa shape index (κ3) is 4.60. The van der Waals surface area contributed by atoms with Gasteiger partial charge in [0.15, 0.2) is 0 Å². The molecule has 0 aromatic rings. The first kappa shape index (κ1) is 15.5. The minimum absolute atomic E-state index is 0.0220. The summed E-state index contributed by atoms with van der Waals surface area (Å²) >= 11 is 0. The lowest BCUT2D eigenvalue weighted by Gasteiger charge is -2.30. The Balaban J connectivity index is 2.39. The number of amides is 1. The standard InChI is InChI=1S/C15H30N2O/c1-10(2)13(11(3)4)9-16-15(18)14-8-6-7-12(5)17-14/h10-14,17H,6-9H2,1-5H3,(H,16,18). The van der Waals surface area contributed by atoms with Crippen LogP contribution in [0.25, 0.3) is 0 Å². The summed E-state index contributed by atoms with van der Waals surface area (Å²) in [5.74, 6) is 1.98. The van der Waals surface area contributed by atoms with E-state index in [1.54, 1.807) is 0 Å². The van der Waals surface area contributed by atoms with E-state index in [-0.39, 0.29) is 11.9 Å². The Morgan fingerprint density at radius 3 is 2.33 bits per heavy atom. The number of rotatable bonds is 5. The fraction of sp³-hybridized carbons (Fsp3) is 0.933. The van der Waals surface area contributed by atoms with Gasteiger partial charge in [0, 0.05) is 12.6 Å². The predicted octanol–water partition coefficient (Wildman–Crippen LogP) is 2.56. The van der Waals surface area contributed by atoms with Crippen LogP contribution in [0.1, 0.15) is 53.9 Å². The van der Waals surface area contributed by atoms with Gasteiger partial charge in [0.25, 0.3) is 0 Å². The third-order valence-corrected chi connectivity index (χ3v) is 4.16. The summed E-state index contributed by atoms with van der Waals surface area (Å²) in [6, 6.07) is 0.495. The molecule has 3 heteroatoms. The molecule has 1 aliphatic heterocycles. The van der Waals surface area contributed by atoms with Gasteiger partial charge in [-0.3, -0.25) is 4.79 Å². The van der Waals surface area contributed by atoms with E-state index in [1.165, 1.54) is 6.42 Å². The highest BCUT2D eigenvalue weighted by atomic mass is 16.2. The summed E-state index contributed by atoms with van der Waals surface area (Å²) in [6.45, 7) is 11.9. The summed E-state index contributed by atoms with van der Waals surface area (Å²) in [4.78, 5) is 12.1. The van der Waals surface area contributed by atoms with E-state index in [9.17, 15) is 4.79 Å². The van der Waals surface area contributed by atoms with Crippen LogP contribution in [0.4, 0.5) is 0 Å². The number of carbonyl (C=O) groups excluding carboxylic acids is 1. The Hall–Kier alpha value is -0.570. The average Bonchev–Trinajstić information content (AvgIpc) is 2.28. The Labute approximate surface area is 112 Å². The molecular formula is C15H30N2O. The first-order valence-corrected chi connectivity index (χ1v) is 7.45. The van der Waals surface area contributed by atoms with Gasteiger partial charge >= 0.3 is 0 Å². The van der Waals surface area contributed by atoms with Gasteiger partial charge in [-0.15, -0.1) is 0 Å². The second-order valence-corrected chi connectivity index (χ2v) is 6.45. The van der Waals surface area contributed by atoms with Crippen LogP contribution in [0, 0.1) is 17.8 Å². The monoisotopic (exact) mass is 254 g/mol. The molecule has 2 unspecified atom stereocenters. The van der Waals surface area contributed by atoms with Gasteiger partial charge in [0.1, 0.15) is 0 Å². The Kier molecular flexibility index (Phi) is 6.13. The molecule has 0 spiro atoms. The molecule has 1 saturated heterocycles. The first-order chi connectivity index (χ1) is 8.41. The number of carbonyl (C=O) groups is 1. The Morgan fingerprint density at radius 1 is 1.22 bits per heavy atom. The smallest absolute Gasteiger partial charge is 0.237 e. The number of nitrogens with one attached hydrogen (secondary N) is 2. The van der Waals surface area contributed by atoms with E-state index in [0.717, 1.165) is 19.4 Å². The Bertz CT molecular complexity index is 255. The lowest BCUT2D eigenvalue weighted by Crippen LogP contribution is -2.51. The molecule has 1 amide bonds. The lowest BCUT2D eigenvalue weighted by atomic mass is 9.85. The van der Waals surface area contributed by atoms with Gasteiger partial charge in [0.2, 0.25) is 5.91 Å². The molecule has 1 heterocycles. The molecule has 1 fully saturated rings. The fourth-order valence-electron chi connectivity index (χ4n) is 2.93. The van der Waals surface area contributed by atoms with Crippen LogP contribution in [0.3, 0.4) is 0 Å². The maximum atomic E-state index is 12.1. The van der Waals surface area contributed by atoms with E-state index >= 15 is 0 Å². The molecule has 0 saturated carbocycles. The van der Waals surface area contributed by atoms with Crippen molar-refractivity contribution in [3.8, 4) is 0 Å². The minimum atomic E-state index is 0.0220. The summed E-state index contributed by atoms with van der Waals surface area (Å²) in [6.07, 6.45) is 3.32. The summed E-state index contributed by atoms with van der Waals surface area (Å²) in [5.41, 5.74) is 0. The van der Waals surface area contributed by atoms with Crippen molar-refractivity contribution < 1.29 is 4.79 Å². The van der Waals surface area contributed by atoms with E-state index < -0.39 is 0 Å². The van der Waals surface area contributed by atoms with E-state index in [2.05, 4.69) is 45.3 Å². The minimum Gasteiger partial charge on any atom is -0.354 e. The largest absolute Gasteiger partial charge is 0.354 e. The van der Waals surface area contributed by atoms with Crippen LogP contribution < -0.4 is 10.6 Å². The summed E-state index contributed by atoms with van der Waals surface area (Å²) in [7, 11) is 0. The summed E-state index contributed by atoms with van der Waals surface area (Å²) < 4.78 is 0. The lowest BCUT2D eigenvalue weighted by molar-refractivity contribution is -0.124. The quantitative estimate of drug-likeness (QED) is 0.791. The van der Waals surface area contributed by atoms with Crippen molar-refractivity contribution in [1.29, 1.82) is 0 Å². The maximum absolute atomic E-state index is 12.1. The van der Waals surface area contributed by atoms with Gasteiger partial charge in [-0.25, -0.2) is 0 Å². The average molecular weight is 254 g/mol. The van der Waals surface area contributed by atoms with Gasteiger partial charge in [-0.1, -0.05) is 27.7 Å². The highest BCUT2D eigenvalue weighted by Crippen LogP contribution is 2.19. The topological polar surface area (TPSA) is 41.1 Å². The molecule has 1 rings (SSSR count). The Morgan fingerprint density at radius 2 is 1.83 bits per heavy atom. The molecular weight excluding hydrogens is 224 g/mol. The summed E-state index contributed by atoms with van der Waals surface area (Å²) in [5, 5.41) is 6.52. The maximum Gasteiger partial charge on any atom is 0.237 e. The molecule has 1 aliphatic rings. The number of hydrogen-bond acceptors (Lipinski definition) is 2. The molecule has 0 aliphatic carbocycles. The highest BCUT2D eigenvalue weighted by molar-refractivity contribution is 5.81. The van der Waals surface area contributed by atoms with Crippen molar-refractivity contribution in [3.05, 3.63) is 0 Å². The number of hydrogen-bond donors (Lipinski definition) is 2. The van der Waals surface area contributed by atoms with Crippen molar-refractivity contribution in [2.75, 3.05) is 6.54 Å². The van der Waals surface area contributed by atoms with E-state index in [1.807, 2.05) is 0 Å². The van der Waals surface area contributed by atoms with Gasteiger partial charge in [-0.05, 0) is 43.9 Å². The van der Waals surface area contributed by atoms with Crippen LogP contribution in [-0.2, 0) is 4.79 Å². The van der Waals surface area contributed by atoms with E-state index in [4.69, 9.17) is 0 Å². The van der Waals surface area contributed by atoms with Crippen molar-refractivity contribution in [3.63, 3.8) is 0 Å². The molecule has 0 aromatic heterocycles. The third-order valence-electron chi connectivity index (χ3n) is 4.16. The van der Waals surface area contributed by atoms with Crippen molar-refractivity contribution >= 4 is 5.91 Å². The second-order valence-electron chi connectivity index (χ2n) is 6.45. The normalized spacial score (nSPS) is 24.9. The van der Waals surface area contributed by atoms with Crippen LogP contribution >= 0.6 is 0 Å². The van der Waals surface area contributed by atoms with E-state index in [0.29, 0.717) is 23.8 Å². The van der Waals surface area contributed by atoms with Crippen LogP contribution in [0.2, 0.25) is 0 Å². The molecule has 2 N–H and O–H groups in total. The van der Waals surface area contributed by atoms with Gasteiger partial charge in [0.05, 0.1) is 6.04 Å². The molecule has 3 nitrogen and oxygen atoms in total. The molecule has 0 aromatic carbocycles. The van der Waals surface area contributed by atoms with Crippen LogP contribution in [0.15, 0.2) is 0 Å². The second kappa shape index (κ2) is 7.13. The zero-order valence-electron chi connectivity index (χ0n) is 12.6. The van der Waals surface area contributed by atoms with Gasteiger partial charge in [-0.2, -0.15) is 0 Å². The van der Waals surface area contributed by atoms with Crippen molar-refractivity contribution in [1.82, 2.24) is 10.6 Å². The van der Waals surface area contributed by atoms with Gasteiger partial charge < -0.3 is 10.6 Å². The number of piperidine rings is 1. The zero-order valence-corrected chi connectivity index (χ0v) is 12.6. The predicted molar refractivity (Wildman–Crippen MR) is 76.4 cm³/mol. The van der Waals surface area contributed by atoms with Crippen molar-refractivity contribution in [2.24, 2.45) is 17.8 Å². The van der Waals surface area contributed by atoms with Crippen molar-refractivity contribution in [2.45, 2.75) is 66.0 Å². The highest BCUT2D eigenvalue weighted by Gasteiger charge is 2.25. The molecule has 0 radical (unpaired) electrons. The molecule has 2 atom stereocenters. The fourth-order valence-corrected chi connectivity index (χ4v) is 2.93.